The number of nitrogens with one attached hydrogen (secondary N) is 1. The van der Waals surface area contributed by atoms with Crippen LogP contribution in [0.15, 0.2) is 22.0 Å². The zero-order valence-electron chi connectivity index (χ0n) is 14.9. The van der Waals surface area contributed by atoms with Crippen LogP contribution in [0.3, 0.4) is 0 Å². The van der Waals surface area contributed by atoms with Crippen LogP contribution in [-0.4, -0.2) is 36.2 Å². The van der Waals surface area contributed by atoms with Crippen LogP contribution in [-0.2, 0) is 9.84 Å². The van der Waals surface area contributed by atoms with Gasteiger partial charge in [-0.3, -0.25) is 10.1 Å². The second-order valence-electron chi connectivity index (χ2n) is 7.14. The molecule has 0 amide bonds. The first kappa shape index (κ1) is 17.6. The van der Waals surface area contributed by atoms with Gasteiger partial charge in [-0.05, 0) is 46.8 Å². The van der Waals surface area contributed by atoms with E-state index in [1.54, 1.807) is 31.9 Å². The summed E-state index contributed by atoms with van der Waals surface area (Å²) in [6.07, 6.45) is 1.57. The van der Waals surface area contributed by atoms with Gasteiger partial charge in [-0.15, -0.1) is 0 Å². The van der Waals surface area contributed by atoms with Crippen LogP contribution in [0.4, 0.5) is 15.9 Å². The Kier molecular flexibility index (Phi) is 3.98. The van der Waals surface area contributed by atoms with E-state index in [2.05, 4.69) is 15.2 Å². The van der Waals surface area contributed by atoms with Crippen molar-refractivity contribution in [2.45, 2.75) is 44.3 Å². The molecule has 0 saturated carbocycles. The first-order valence-corrected chi connectivity index (χ1v) is 9.39. The normalized spacial score (nSPS) is 14.7. The highest BCUT2D eigenvalue weighted by Crippen LogP contribution is 2.36. The summed E-state index contributed by atoms with van der Waals surface area (Å²) in [4.78, 5) is 5.74. The van der Waals surface area contributed by atoms with Gasteiger partial charge in [-0.25, -0.2) is 12.8 Å². The number of halogens is 1. The van der Waals surface area contributed by atoms with Crippen molar-refractivity contribution < 1.29 is 12.8 Å². The maximum atomic E-state index is 14.7. The molecule has 134 valence electrons. The number of aromatic nitrogens is 2. The molecule has 2 aromatic rings. The molecule has 0 aliphatic carbocycles. The van der Waals surface area contributed by atoms with Gasteiger partial charge in [0.2, 0.25) is 0 Å². The fraction of sp³-hybridized carbons (Fsp3) is 0.412. The summed E-state index contributed by atoms with van der Waals surface area (Å²) < 4.78 is 38.9. The monoisotopic (exact) mass is 364 g/mol. The Morgan fingerprint density at radius 2 is 1.92 bits per heavy atom. The summed E-state index contributed by atoms with van der Waals surface area (Å²) in [5, 5.41) is 7.17. The van der Waals surface area contributed by atoms with E-state index in [1.165, 1.54) is 12.1 Å². The minimum Gasteiger partial charge on any atom is -0.304 e. The lowest BCUT2D eigenvalue weighted by atomic mass is 10.1. The molecule has 3 rings (SSSR count). The Balaban J connectivity index is 2.17. The summed E-state index contributed by atoms with van der Waals surface area (Å²) >= 11 is 0. The van der Waals surface area contributed by atoms with Gasteiger partial charge in [0.05, 0.1) is 10.4 Å². The van der Waals surface area contributed by atoms with Gasteiger partial charge in [-0.1, -0.05) is 0 Å². The molecule has 0 bridgehead atoms. The molecule has 0 saturated heterocycles. The number of anilines is 2. The smallest absolute Gasteiger partial charge is 0.186 e. The maximum Gasteiger partial charge on any atom is 0.186 e. The van der Waals surface area contributed by atoms with Gasteiger partial charge in [0, 0.05) is 23.0 Å². The molecule has 2 heterocycles. The number of aromatic amines is 1. The van der Waals surface area contributed by atoms with Gasteiger partial charge in [0.15, 0.2) is 15.7 Å². The number of rotatable bonds is 2. The van der Waals surface area contributed by atoms with Gasteiger partial charge < -0.3 is 4.90 Å². The third-order valence-electron chi connectivity index (χ3n) is 4.40. The molecule has 1 aromatic carbocycles. The Morgan fingerprint density at radius 3 is 2.48 bits per heavy atom. The molecular weight excluding hydrogens is 343 g/mol. The van der Waals surface area contributed by atoms with E-state index >= 15 is 0 Å². The van der Waals surface area contributed by atoms with Crippen molar-refractivity contribution in [3.63, 3.8) is 0 Å². The molecule has 1 aromatic heterocycles. The van der Waals surface area contributed by atoms with Gasteiger partial charge in [0.1, 0.15) is 17.4 Å². The van der Waals surface area contributed by atoms with E-state index in [0.29, 0.717) is 23.7 Å². The Bertz CT molecular complexity index is 971. The number of nitrogens with zero attached hydrogens (tertiary/aromatic N) is 3. The van der Waals surface area contributed by atoms with Crippen LogP contribution in [0.5, 0.6) is 0 Å². The number of hydrogen-bond acceptors (Lipinski definition) is 5. The number of aryl methyl sites for hydroxylation is 1. The van der Waals surface area contributed by atoms with Crippen LogP contribution in [0, 0.1) is 19.7 Å². The number of sulfone groups is 1. The van der Waals surface area contributed by atoms with Gasteiger partial charge in [-0.2, -0.15) is 5.10 Å². The summed E-state index contributed by atoms with van der Waals surface area (Å²) in [6, 6.07) is 2.61. The van der Waals surface area contributed by atoms with Crippen LogP contribution in [0.2, 0.25) is 0 Å². The Morgan fingerprint density at radius 1 is 1.24 bits per heavy atom. The van der Waals surface area contributed by atoms with E-state index in [-0.39, 0.29) is 4.90 Å². The fourth-order valence-corrected chi connectivity index (χ4v) is 3.90. The lowest BCUT2D eigenvalue weighted by Gasteiger charge is -2.27. The topological polar surface area (TPSA) is 78.4 Å². The fourth-order valence-electron chi connectivity index (χ4n) is 2.64. The van der Waals surface area contributed by atoms with Crippen molar-refractivity contribution in [1.82, 2.24) is 10.2 Å². The van der Waals surface area contributed by atoms with E-state index < -0.39 is 20.4 Å². The lowest BCUT2D eigenvalue weighted by Crippen LogP contribution is -2.30. The van der Waals surface area contributed by atoms with Crippen molar-refractivity contribution in [1.29, 1.82) is 0 Å². The number of H-pyrrole nitrogens is 1. The molecule has 1 aliphatic heterocycles. The van der Waals surface area contributed by atoms with E-state index in [9.17, 15) is 12.8 Å². The largest absolute Gasteiger partial charge is 0.304 e. The molecule has 8 heteroatoms. The highest BCUT2D eigenvalue weighted by molar-refractivity contribution is 7.92. The number of hydrogen-bond donors (Lipinski definition) is 1. The first-order valence-electron chi connectivity index (χ1n) is 7.91. The van der Waals surface area contributed by atoms with Crippen molar-refractivity contribution in [2.24, 2.45) is 4.99 Å². The van der Waals surface area contributed by atoms with E-state index in [1.807, 2.05) is 13.8 Å². The molecule has 6 nitrogen and oxygen atoms in total. The maximum absolute atomic E-state index is 14.7. The molecule has 1 N–H and O–H groups in total. The second-order valence-corrected chi connectivity index (χ2v) is 9.81. The standard InChI is InChI=1S/C17H21FN4O2S/c1-10-11(2)20-21-16(10)22-9-19-8-12-6-15(13(18)7-14(12)22)25(23,24)17(3,4)5/h6-8H,9H2,1-5H3,(H,20,21). The molecule has 0 fully saturated rings. The first-order chi connectivity index (χ1) is 11.5. The molecule has 0 radical (unpaired) electrons. The molecule has 0 spiro atoms. The van der Waals surface area contributed by atoms with Crippen LogP contribution < -0.4 is 4.90 Å². The summed E-state index contributed by atoms with van der Waals surface area (Å²) in [5.41, 5.74) is 2.96. The van der Waals surface area contributed by atoms with Crippen LogP contribution >= 0.6 is 0 Å². The average Bonchev–Trinajstić information content (AvgIpc) is 2.84. The molecule has 1 aliphatic rings. The van der Waals surface area contributed by atoms with Gasteiger partial charge >= 0.3 is 0 Å². The zero-order chi connectivity index (χ0) is 18.6. The number of benzene rings is 1. The predicted octanol–water partition coefficient (Wildman–Crippen LogP) is 3.27. The van der Waals surface area contributed by atoms with Crippen molar-refractivity contribution >= 4 is 27.6 Å². The average molecular weight is 364 g/mol. The highest BCUT2D eigenvalue weighted by Gasteiger charge is 2.35. The van der Waals surface area contributed by atoms with E-state index in [0.717, 1.165) is 11.3 Å². The third kappa shape index (κ3) is 2.74. The van der Waals surface area contributed by atoms with Crippen molar-refractivity contribution in [3.8, 4) is 0 Å². The summed E-state index contributed by atoms with van der Waals surface area (Å²) in [5.74, 6) is -0.111. The quantitative estimate of drug-likeness (QED) is 0.887. The van der Waals surface area contributed by atoms with Crippen molar-refractivity contribution in [3.05, 3.63) is 34.8 Å². The minimum atomic E-state index is -3.80. The SMILES string of the molecule is Cc1[nH]nc(N2CN=Cc3cc(S(=O)(=O)C(C)(C)C)c(F)cc32)c1C. The number of aliphatic imine (C=N–C) groups is 1. The summed E-state index contributed by atoms with van der Waals surface area (Å²) in [7, 11) is -3.80. The number of fused-ring (bicyclic) bond motifs is 1. The summed E-state index contributed by atoms with van der Waals surface area (Å²) in [6.45, 7) is 8.77. The lowest BCUT2D eigenvalue weighted by molar-refractivity contribution is 0.541. The van der Waals surface area contributed by atoms with Crippen molar-refractivity contribution in [2.75, 3.05) is 11.6 Å². The van der Waals surface area contributed by atoms with Crippen LogP contribution in [0.1, 0.15) is 37.6 Å². The molecule has 0 atom stereocenters. The third-order valence-corrected chi connectivity index (χ3v) is 6.91. The zero-order valence-corrected chi connectivity index (χ0v) is 15.7. The molecule has 25 heavy (non-hydrogen) atoms. The van der Waals surface area contributed by atoms with Crippen LogP contribution in [0.25, 0.3) is 0 Å². The highest BCUT2D eigenvalue weighted by atomic mass is 32.2. The molecule has 0 unspecified atom stereocenters. The Hall–Kier alpha value is -2.22. The molecular formula is C17H21FN4O2S. The van der Waals surface area contributed by atoms with E-state index in [4.69, 9.17) is 0 Å². The Labute approximate surface area is 146 Å². The van der Waals surface area contributed by atoms with Gasteiger partial charge in [0.25, 0.3) is 0 Å². The second kappa shape index (κ2) is 5.66. The predicted molar refractivity (Wildman–Crippen MR) is 96.0 cm³/mol. The minimum absolute atomic E-state index is 0.295.